The van der Waals surface area contributed by atoms with Crippen molar-refractivity contribution in [3.63, 3.8) is 0 Å². The second kappa shape index (κ2) is 7.77. The van der Waals surface area contributed by atoms with Gasteiger partial charge in [-0.15, -0.1) is 12.4 Å². The van der Waals surface area contributed by atoms with E-state index >= 15 is 0 Å². The minimum atomic E-state index is -0.431. The van der Waals surface area contributed by atoms with Crippen LogP contribution >= 0.6 is 24.0 Å². The molecule has 124 valence electrons. The van der Waals surface area contributed by atoms with Gasteiger partial charge in [0.25, 0.3) is 5.91 Å². The number of nitrogens with one attached hydrogen (secondary N) is 2. The number of carbonyl (C=O) groups excluding carboxylic acids is 1. The third-order valence-electron chi connectivity index (χ3n) is 3.63. The summed E-state index contributed by atoms with van der Waals surface area (Å²) in [5, 5.41) is 6.24. The van der Waals surface area contributed by atoms with E-state index in [4.69, 9.17) is 11.6 Å². The molecular formula is C15H17Cl2FN4O. The Balaban J connectivity index is 0.00000192. The molecule has 2 heterocycles. The van der Waals surface area contributed by atoms with Crippen LogP contribution in [-0.4, -0.2) is 28.5 Å². The summed E-state index contributed by atoms with van der Waals surface area (Å²) in [5.41, 5.74) is 0.631. The first kappa shape index (κ1) is 17.7. The smallest absolute Gasteiger partial charge is 0.271 e. The number of nitrogens with zero attached hydrogens (tertiary/aromatic N) is 2. The van der Waals surface area contributed by atoms with E-state index in [0.29, 0.717) is 10.7 Å². The largest absolute Gasteiger partial charge is 0.346 e. The molecule has 0 radical (unpaired) electrons. The number of fused-ring (bicyclic) bond motifs is 1. The Morgan fingerprint density at radius 3 is 3.04 bits per heavy atom. The summed E-state index contributed by atoms with van der Waals surface area (Å²) in [4.78, 5) is 16.5. The van der Waals surface area contributed by atoms with Crippen LogP contribution in [0.5, 0.6) is 0 Å². The van der Waals surface area contributed by atoms with Crippen molar-refractivity contribution in [3.8, 4) is 0 Å². The number of amides is 1. The molecule has 23 heavy (non-hydrogen) atoms. The summed E-state index contributed by atoms with van der Waals surface area (Å²) in [6.45, 7) is 2.53. The first-order valence-corrected chi connectivity index (χ1v) is 7.51. The van der Waals surface area contributed by atoms with Crippen molar-refractivity contribution in [3.05, 3.63) is 52.3 Å². The van der Waals surface area contributed by atoms with Crippen LogP contribution in [-0.2, 0) is 19.5 Å². The summed E-state index contributed by atoms with van der Waals surface area (Å²) in [7, 11) is 0. The maximum atomic E-state index is 13.7. The summed E-state index contributed by atoms with van der Waals surface area (Å²) in [6.07, 6.45) is 2.52. The fourth-order valence-corrected chi connectivity index (χ4v) is 2.67. The number of imidazole rings is 1. The van der Waals surface area contributed by atoms with Gasteiger partial charge in [-0.25, -0.2) is 9.37 Å². The Bertz CT molecular complexity index is 661. The molecule has 1 aromatic carbocycles. The van der Waals surface area contributed by atoms with Gasteiger partial charge in [-0.1, -0.05) is 17.7 Å². The molecule has 3 rings (SSSR count). The van der Waals surface area contributed by atoms with Crippen molar-refractivity contribution in [2.75, 3.05) is 13.1 Å². The first-order valence-electron chi connectivity index (χ1n) is 7.13. The average Bonchev–Trinajstić information content (AvgIpc) is 2.78. The lowest BCUT2D eigenvalue weighted by Gasteiger charge is -2.06. The topological polar surface area (TPSA) is 59.0 Å². The normalized spacial score (nSPS) is 13.7. The second-order valence-electron chi connectivity index (χ2n) is 5.12. The fourth-order valence-electron chi connectivity index (χ4n) is 2.44. The van der Waals surface area contributed by atoms with Crippen molar-refractivity contribution in [2.24, 2.45) is 0 Å². The van der Waals surface area contributed by atoms with Gasteiger partial charge in [-0.05, 0) is 12.1 Å². The van der Waals surface area contributed by atoms with Crippen LogP contribution in [0.1, 0.15) is 21.9 Å². The second-order valence-corrected chi connectivity index (χ2v) is 5.53. The zero-order valence-electron chi connectivity index (χ0n) is 12.3. The maximum Gasteiger partial charge on any atom is 0.271 e. The van der Waals surface area contributed by atoms with Crippen molar-refractivity contribution >= 4 is 29.9 Å². The van der Waals surface area contributed by atoms with Crippen molar-refractivity contribution in [1.82, 2.24) is 20.2 Å². The molecule has 0 atom stereocenters. The Labute approximate surface area is 144 Å². The highest BCUT2D eigenvalue weighted by atomic mass is 35.5. The van der Waals surface area contributed by atoms with Crippen LogP contribution in [0.4, 0.5) is 4.39 Å². The van der Waals surface area contributed by atoms with Gasteiger partial charge in [0.2, 0.25) is 0 Å². The van der Waals surface area contributed by atoms with Crippen molar-refractivity contribution in [1.29, 1.82) is 0 Å². The molecule has 1 aliphatic rings. The molecule has 2 N–H and O–H groups in total. The lowest BCUT2D eigenvalue weighted by atomic mass is 10.2. The van der Waals surface area contributed by atoms with E-state index in [1.165, 1.54) is 12.1 Å². The van der Waals surface area contributed by atoms with E-state index < -0.39 is 5.82 Å². The van der Waals surface area contributed by atoms with Gasteiger partial charge < -0.3 is 15.2 Å². The van der Waals surface area contributed by atoms with E-state index in [1.807, 2.05) is 4.57 Å². The molecular weight excluding hydrogens is 342 g/mol. The van der Waals surface area contributed by atoms with Gasteiger partial charge in [0.1, 0.15) is 17.3 Å². The van der Waals surface area contributed by atoms with Crippen LogP contribution < -0.4 is 10.6 Å². The number of aromatic nitrogens is 2. The third kappa shape index (κ3) is 4.02. The molecule has 0 bridgehead atoms. The van der Waals surface area contributed by atoms with E-state index in [9.17, 15) is 9.18 Å². The molecule has 1 aromatic heterocycles. The van der Waals surface area contributed by atoms with E-state index in [2.05, 4.69) is 15.6 Å². The van der Waals surface area contributed by atoms with Crippen LogP contribution in [0.2, 0.25) is 5.02 Å². The zero-order chi connectivity index (χ0) is 15.5. The van der Waals surface area contributed by atoms with E-state index in [1.54, 1.807) is 12.3 Å². The predicted molar refractivity (Wildman–Crippen MR) is 88.6 cm³/mol. The van der Waals surface area contributed by atoms with Crippen LogP contribution in [0.3, 0.4) is 0 Å². The van der Waals surface area contributed by atoms with Gasteiger partial charge in [0.05, 0.1) is 0 Å². The predicted octanol–water partition coefficient (Wildman–Crippen LogP) is 2.17. The first-order chi connectivity index (χ1) is 10.6. The van der Waals surface area contributed by atoms with Crippen LogP contribution in [0.25, 0.3) is 0 Å². The molecule has 0 saturated heterocycles. The quantitative estimate of drug-likeness (QED) is 0.883. The Hall–Kier alpha value is -1.63. The molecule has 8 heteroatoms. The Kier molecular flexibility index (Phi) is 5.98. The fraction of sp³-hybridized carbons (Fsp3) is 0.333. The number of halogens is 3. The zero-order valence-corrected chi connectivity index (χ0v) is 13.9. The maximum absolute atomic E-state index is 13.7. The van der Waals surface area contributed by atoms with Gasteiger partial charge in [0, 0.05) is 49.4 Å². The molecule has 1 aliphatic heterocycles. The highest BCUT2D eigenvalue weighted by Gasteiger charge is 2.16. The summed E-state index contributed by atoms with van der Waals surface area (Å²) >= 11 is 5.94. The molecule has 0 saturated carbocycles. The van der Waals surface area contributed by atoms with Gasteiger partial charge >= 0.3 is 0 Å². The Morgan fingerprint density at radius 2 is 2.26 bits per heavy atom. The monoisotopic (exact) mass is 358 g/mol. The van der Waals surface area contributed by atoms with Crippen molar-refractivity contribution < 1.29 is 9.18 Å². The summed E-state index contributed by atoms with van der Waals surface area (Å²) in [5.74, 6) is 0.131. The summed E-state index contributed by atoms with van der Waals surface area (Å²) < 4.78 is 15.6. The van der Waals surface area contributed by atoms with E-state index in [-0.39, 0.29) is 30.4 Å². The van der Waals surface area contributed by atoms with Crippen molar-refractivity contribution in [2.45, 2.75) is 19.5 Å². The molecule has 2 aromatic rings. The highest BCUT2D eigenvalue weighted by Crippen LogP contribution is 2.18. The average molecular weight is 359 g/mol. The minimum absolute atomic E-state index is 0. The lowest BCUT2D eigenvalue weighted by Crippen LogP contribution is -2.24. The van der Waals surface area contributed by atoms with E-state index in [0.717, 1.165) is 31.9 Å². The molecule has 0 unspecified atom stereocenters. The SMILES string of the molecule is Cl.O=C(NCc1c(F)cccc1Cl)c1cn2c(n1)CCNCC2. The van der Waals surface area contributed by atoms with Crippen LogP contribution in [0.15, 0.2) is 24.4 Å². The van der Waals surface area contributed by atoms with Crippen LogP contribution in [0, 0.1) is 5.82 Å². The number of benzene rings is 1. The molecule has 5 nitrogen and oxygen atoms in total. The summed E-state index contributed by atoms with van der Waals surface area (Å²) in [6, 6.07) is 4.45. The number of hydrogen-bond acceptors (Lipinski definition) is 3. The lowest BCUT2D eigenvalue weighted by molar-refractivity contribution is 0.0946. The number of rotatable bonds is 3. The number of carbonyl (C=O) groups is 1. The highest BCUT2D eigenvalue weighted by molar-refractivity contribution is 6.31. The molecule has 0 aliphatic carbocycles. The molecule has 0 spiro atoms. The standard InChI is InChI=1S/C15H16ClFN4O.ClH/c16-11-2-1-3-12(17)10(11)8-19-15(22)13-9-21-7-6-18-5-4-14(21)20-13;/h1-3,9,18H,4-8H2,(H,19,22);1H. The minimum Gasteiger partial charge on any atom is -0.346 e. The van der Waals surface area contributed by atoms with Gasteiger partial charge in [-0.3, -0.25) is 4.79 Å². The Morgan fingerprint density at radius 1 is 1.43 bits per heavy atom. The third-order valence-corrected chi connectivity index (χ3v) is 3.99. The number of hydrogen-bond donors (Lipinski definition) is 2. The molecule has 1 amide bonds. The molecule has 0 fully saturated rings. The van der Waals surface area contributed by atoms with Gasteiger partial charge in [-0.2, -0.15) is 0 Å². The van der Waals surface area contributed by atoms with Gasteiger partial charge in [0.15, 0.2) is 0 Å².